The number of thiazole rings is 1. The lowest BCUT2D eigenvalue weighted by Gasteiger charge is -2.05. The van der Waals surface area contributed by atoms with Gasteiger partial charge in [0.05, 0.1) is 5.69 Å². The van der Waals surface area contributed by atoms with E-state index in [1.54, 1.807) is 11.3 Å². The zero-order valence-electron chi connectivity index (χ0n) is 7.88. The summed E-state index contributed by atoms with van der Waals surface area (Å²) in [5.41, 5.74) is 1.34. The van der Waals surface area contributed by atoms with E-state index in [1.165, 1.54) is 23.4 Å². The maximum Gasteiger partial charge on any atom is 0.185 e. The quantitative estimate of drug-likeness (QED) is 0.777. The lowest BCUT2D eigenvalue weighted by molar-refractivity contribution is 1.00. The molecule has 0 atom stereocenters. The van der Waals surface area contributed by atoms with Gasteiger partial charge in [0, 0.05) is 30.2 Å². The van der Waals surface area contributed by atoms with E-state index in [2.05, 4.69) is 25.8 Å². The van der Waals surface area contributed by atoms with E-state index in [0.29, 0.717) is 0 Å². The van der Waals surface area contributed by atoms with E-state index in [1.807, 2.05) is 14.1 Å². The van der Waals surface area contributed by atoms with Crippen LogP contribution in [0.25, 0.3) is 0 Å². The molecule has 1 aromatic heterocycles. The molecule has 1 aliphatic rings. The van der Waals surface area contributed by atoms with Crippen LogP contribution in [0.4, 0.5) is 5.13 Å². The topological polar surface area (TPSA) is 16.1 Å². The molecule has 0 saturated heterocycles. The van der Waals surface area contributed by atoms with Crippen LogP contribution < -0.4 is 4.90 Å². The van der Waals surface area contributed by atoms with Gasteiger partial charge in [-0.1, -0.05) is 15.9 Å². The molecular weight excluding hydrogens is 248 g/mol. The molecule has 13 heavy (non-hydrogen) atoms. The van der Waals surface area contributed by atoms with Gasteiger partial charge in [-0.3, -0.25) is 0 Å². The molecule has 0 spiro atoms. The third kappa shape index (κ3) is 1.89. The highest BCUT2D eigenvalue weighted by Crippen LogP contribution is 2.44. The highest BCUT2D eigenvalue weighted by atomic mass is 79.9. The van der Waals surface area contributed by atoms with Crippen LogP contribution >= 0.6 is 27.3 Å². The zero-order chi connectivity index (χ0) is 9.42. The fraction of sp³-hybridized carbons (Fsp3) is 0.667. The summed E-state index contributed by atoms with van der Waals surface area (Å²) in [5, 5.41) is 2.08. The van der Waals surface area contributed by atoms with Crippen LogP contribution in [0.1, 0.15) is 29.3 Å². The average Bonchev–Trinajstić information content (AvgIpc) is 2.84. The Bertz CT molecular complexity index is 305. The molecule has 0 radical (unpaired) electrons. The van der Waals surface area contributed by atoms with Crippen molar-refractivity contribution < 1.29 is 0 Å². The molecule has 1 aliphatic carbocycles. The summed E-state index contributed by atoms with van der Waals surface area (Å²) in [6, 6.07) is 0. The molecular formula is C9H13BrN2S. The first kappa shape index (κ1) is 9.46. The number of aromatic nitrogens is 1. The van der Waals surface area contributed by atoms with Crippen LogP contribution in [0.2, 0.25) is 0 Å². The molecule has 0 aromatic carbocycles. The number of anilines is 1. The van der Waals surface area contributed by atoms with Crippen LogP contribution in [-0.4, -0.2) is 19.1 Å². The van der Waals surface area contributed by atoms with Gasteiger partial charge in [-0.15, -0.1) is 11.3 Å². The molecule has 1 heterocycles. The molecule has 0 unspecified atom stereocenters. The molecule has 0 aliphatic heterocycles. The molecule has 4 heteroatoms. The second kappa shape index (κ2) is 3.58. The Hall–Kier alpha value is -0.0900. The number of halogens is 1. The van der Waals surface area contributed by atoms with Gasteiger partial charge < -0.3 is 4.90 Å². The van der Waals surface area contributed by atoms with Gasteiger partial charge >= 0.3 is 0 Å². The number of rotatable bonds is 3. The minimum Gasteiger partial charge on any atom is -0.354 e. The Morgan fingerprint density at radius 3 is 2.69 bits per heavy atom. The standard InChI is InChI=1S/C9H13BrN2S/c1-12(2)9-11-8(6-3-4-6)7(5-10)13-9/h6H,3-5H2,1-2H3. The second-order valence-electron chi connectivity index (χ2n) is 3.61. The van der Waals surface area contributed by atoms with Gasteiger partial charge in [0.25, 0.3) is 0 Å². The summed E-state index contributed by atoms with van der Waals surface area (Å²) in [7, 11) is 4.10. The maximum atomic E-state index is 4.66. The molecule has 0 N–H and O–H groups in total. The van der Waals surface area contributed by atoms with Gasteiger partial charge in [0.1, 0.15) is 0 Å². The Morgan fingerprint density at radius 2 is 2.23 bits per heavy atom. The van der Waals surface area contributed by atoms with E-state index in [4.69, 9.17) is 0 Å². The number of hydrogen-bond acceptors (Lipinski definition) is 3. The van der Waals surface area contributed by atoms with Crippen LogP contribution in [0.3, 0.4) is 0 Å². The van der Waals surface area contributed by atoms with Gasteiger partial charge in [-0.2, -0.15) is 0 Å². The molecule has 1 fully saturated rings. The van der Waals surface area contributed by atoms with Gasteiger partial charge in [0.2, 0.25) is 0 Å². The van der Waals surface area contributed by atoms with E-state index >= 15 is 0 Å². The van der Waals surface area contributed by atoms with Crippen molar-refractivity contribution >= 4 is 32.4 Å². The van der Waals surface area contributed by atoms with Crippen molar-refractivity contribution in [1.29, 1.82) is 0 Å². The van der Waals surface area contributed by atoms with E-state index in [9.17, 15) is 0 Å². The minimum atomic E-state index is 0.762. The van der Waals surface area contributed by atoms with Crippen LogP contribution in [0.15, 0.2) is 0 Å². The highest BCUT2D eigenvalue weighted by molar-refractivity contribution is 9.08. The molecule has 1 saturated carbocycles. The monoisotopic (exact) mass is 260 g/mol. The third-order valence-corrected chi connectivity index (χ3v) is 4.36. The van der Waals surface area contributed by atoms with Crippen molar-refractivity contribution in [2.24, 2.45) is 0 Å². The Balaban J connectivity index is 2.31. The van der Waals surface area contributed by atoms with E-state index < -0.39 is 0 Å². The van der Waals surface area contributed by atoms with Crippen molar-refractivity contribution in [3.63, 3.8) is 0 Å². The van der Waals surface area contributed by atoms with Crippen molar-refractivity contribution in [3.8, 4) is 0 Å². The van der Waals surface area contributed by atoms with Gasteiger partial charge in [-0.05, 0) is 12.8 Å². The predicted octanol–water partition coefficient (Wildman–Crippen LogP) is 2.98. The SMILES string of the molecule is CN(C)c1nc(C2CC2)c(CBr)s1. The van der Waals surface area contributed by atoms with E-state index in [-0.39, 0.29) is 0 Å². The Labute approximate surface area is 91.1 Å². The predicted molar refractivity (Wildman–Crippen MR) is 61.0 cm³/mol. The molecule has 2 nitrogen and oxygen atoms in total. The van der Waals surface area contributed by atoms with Gasteiger partial charge in [0.15, 0.2) is 5.13 Å². The molecule has 72 valence electrons. The Kier molecular flexibility index (Phi) is 2.60. The molecule has 0 bridgehead atoms. The summed E-state index contributed by atoms with van der Waals surface area (Å²) < 4.78 is 0. The van der Waals surface area contributed by atoms with E-state index in [0.717, 1.165) is 16.4 Å². The van der Waals surface area contributed by atoms with Crippen molar-refractivity contribution in [2.75, 3.05) is 19.0 Å². The maximum absolute atomic E-state index is 4.66. The molecule has 2 rings (SSSR count). The highest BCUT2D eigenvalue weighted by Gasteiger charge is 2.29. The first-order valence-electron chi connectivity index (χ1n) is 4.45. The van der Waals surface area contributed by atoms with Crippen LogP contribution in [0, 0.1) is 0 Å². The fourth-order valence-corrected chi connectivity index (χ4v) is 2.86. The summed E-state index contributed by atoms with van der Waals surface area (Å²) in [6.45, 7) is 0. The average molecular weight is 261 g/mol. The molecule has 1 aromatic rings. The van der Waals surface area contributed by atoms with Gasteiger partial charge in [-0.25, -0.2) is 4.98 Å². The Morgan fingerprint density at radius 1 is 1.54 bits per heavy atom. The van der Waals surface area contributed by atoms with Crippen molar-refractivity contribution in [2.45, 2.75) is 24.1 Å². The van der Waals surface area contributed by atoms with Crippen LogP contribution in [-0.2, 0) is 5.33 Å². The summed E-state index contributed by atoms with van der Waals surface area (Å²) in [5.74, 6) is 0.762. The lowest BCUT2D eigenvalue weighted by Crippen LogP contribution is -2.07. The second-order valence-corrected chi connectivity index (χ2v) is 5.23. The largest absolute Gasteiger partial charge is 0.354 e. The fourth-order valence-electron chi connectivity index (χ4n) is 1.31. The number of hydrogen-bond donors (Lipinski definition) is 0. The third-order valence-electron chi connectivity index (χ3n) is 2.18. The molecule has 0 amide bonds. The summed E-state index contributed by atoms with van der Waals surface area (Å²) in [6.07, 6.45) is 2.66. The minimum absolute atomic E-state index is 0.762. The lowest BCUT2D eigenvalue weighted by atomic mass is 10.3. The normalized spacial score (nSPS) is 16.2. The summed E-state index contributed by atoms with van der Waals surface area (Å²) in [4.78, 5) is 8.15. The smallest absolute Gasteiger partial charge is 0.185 e. The number of nitrogens with zero attached hydrogens (tertiary/aromatic N) is 2. The van der Waals surface area contributed by atoms with Crippen molar-refractivity contribution in [3.05, 3.63) is 10.6 Å². The zero-order valence-corrected chi connectivity index (χ0v) is 10.3. The summed E-state index contributed by atoms with van der Waals surface area (Å²) >= 11 is 5.32. The van der Waals surface area contributed by atoms with Crippen LogP contribution in [0.5, 0.6) is 0 Å². The number of alkyl halides is 1. The van der Waals surface area contributed by atoms with Crippen molar-refractivity contribution in [1.82, 2.24) is 4.98 Å². The first-order chi connectivity index (χ1) is 6.22. The first-order valence-corrected chi connectivity index (χ1v) is 6.39.